The van der Waals surface area contributed by atoms with Crippen molar-refractivity contribution in [3.8, 4) is 10.4 Å². The molecule has 0 radical (unpaired) electrons. The first-order valence-corrected chi connectivity index (χ1v) is 12.1. The zero-order valence-electron chi connectivity index (χ0n) is 17.0. The summed E-state index contributed by atoms with van der Waals surface area (Å²) in [5.41, 5.74) is 8.56. The number of benzene rings is 1. The molecular weight excluding hydrogens is 462 g/mol. The predicted molar refractivity (Wildman–Crippen MR) is 123 cm³/mol. The molecule has 0 spiro atoms. The minimum atomic E-state index is -3.58. The number of hydroxylamine groups is 1. The Labute approximate surface area is 191 Å². The fourth-order valence-electron chi connectivity index (χ4n) is 3.66. The topological polar surface area (TPSA) is 139 Å². The van der Waals surface area contributed by atoms with Crippen molar-refractivity contribution < 1.29 is 23.2 Å². The molecule has 1 aromatic heterocycles. The van der Waals surface area contributed by atoms with Crippen LogP contribution in [0.4, 0.5) is 5.69 Å². The highest BCUT2D eigenvalue weighted by molar-refractivity contribution is 7.92. The molecule has 1 aliphatic heterocycles. The van der Waals surface area contributed by atoms with Gasteiger partial charge in [0.05, 0.1) is 18.2 Å². The van der Waals surface area contributed by atoms with E-state index in [1.807, 2.05) is 12.1 Å². The number of nitrogens with one attached hydrogen (secondary N) is 2. The monoisotopic (exact) mass is 487 g/mol. The van der Waals surface area contributed by atoms with Gasteiger partial charge in [-0.2, -0.15) is 0 Å². The lowest BCUT2D eigenvalue weighted by atomic mass is 9.94. The molecular formula is C20H26ClN3O5S2. The molecule has 1 fully saturated rings. The van der Waals surface area contributed by atoms with Crippen LogP contribution in [0, 0.1) is 0 Å². The van der Waals surface area contributed by atoms with E-state index < -0.39 is 26.5 Å². The molecule has 1 aromatic carbocycles. The molecule has 31 heavy (non-hydrogen) atoms. The van der Waals surface area contributed by atoms with Gasteiger partial charge in [0, 0.05) is 15.4 Å². The van der Waals surface area contributed by atoms with Crippen molar-refractivity contribution in [1.82, 2.24) is 5.48 Å². The minimum absolute atomic E-state index is 0. The van der Waals surface area contributed by atoms with Gasteiger partial charge in [-0.05, 0) is 49.6 Å². The number of nitrogens with two attached hydrogens (primary N) is 1. The highest BCUT2D eigenvalue weighted by Gasteiger charge is 2.49. The first-order valence-electron chi connectivity index (χ1n) is 9.61. The normalized spacial score (nSPS) is 20.9. The van der Waals surface area contributed by atoms with Crippen LogP contribution >= 0.6 is 23.7 Å². The highest BCUT2D eigenvalue weighted by Crippen LogP contribution is 2.47. The fourth-order valence-corrected chi connectivity index (χ4v) is 7.43. The van der Waals surface area contributed by atoms with Gasteiger partial charge < -0.3 is 11.1 Å². The van der Waals surface area contributed by atoms with Crippen molar-refractivity contribution in [2.24, 2.45) is 5.73 Å². The number of sulfone groups is 1. The van der Waals surface area contributed by atoms with E-state index in [4.69, 9.17) is 10.9 Å². The molecule has 5 N–H and O–H groups in total. The van der Waals surface area contributed by atoms with Crippen LogP contribution in [-0.4, -0.2) is 37.2 Å². The van der Waals surface area contributed by atoms with E-state index >= 15 is 0 Å². The second-order valence-electron chi connectivity index (χ2n) is 7.50. The Bertz CT molecular complexity index is 1050. The molecule has 170 valence electrons. The highest BCUT2D eigenvalue weighted by atomic mass is 35.5. The molecule has 2 amide bonds. The Kier molecular flexibility index (Phi) is 8.23. The number of amides is 2. The van der Waals surface area contributed by atoms with Crippen molar-refractivity contribution in [1.29, 1.82) is 0 Å². The molecule has 2 heterocycles. The third kappa shape index (κ3) is 5.27. The van der Waals surface area contributed by atoms with E-state index in [0.717, 1.165) is 10.4 Å². The lowest BCUT2D eigenvalue weighted by molar-refractivity contribution is -0.130. The van der Waals surface area contributed by atoms with E-state index in [9.17, 15) is 18.0 Å². The van der Waals surface area contributed by atoms with Crippen molar-refractivity contribution in [3.63, 3.8) is 0 Å². The molecule has 2 atom stereocenters. The summed E-state index contributed by atoms with van der Waals surface area (Å²) in [5, 5.41) is 11.7. The van der Waals surface area contributed by atoms with Gasteiger partial charge in [0.25, 0.3) is 0 Å². The largest absolute Gasteiger partial charge is 0.325 e. The first-order chi connectivity index (χ1) is 14.2. The van der Waals surface area contributed by atoms with Gasteiger partial charge in [-0.1, -0.05) is 18.6 Å². The second kappa shape index (κ2) is 10.1. The maximum atomic E-state index is 13.0. The Balaban J connectivity index is 0.00000341. The SMILES string of the molecule is C[C@H](N)C(=O)Nc1cccc(-c2ccc([C@@]3(CC(=O)NO)CCCCS3(=O)=O)s2)c1.Cl. The molecule has 8 nitrogen and oxygen atoms in total. The van der Waals surface area contributed by atoms with E-state index in [0.29, 0.717) is 29.8 Å². The maximum Gasteiger partial charge on any atom is 0.245 e. The van der Waals surface area contributed by atoms with Gasteiger partial charge in [-0.3, -0.25) is 14.8 Å². The average molecular weight is 488 g/mol. The Hall–Kier alpha value is -1.98. The van der Waals surface area contributed by atoms with Crippen LogP contribution in [0.3, 0.4) is 0 Å². The number of rotatable bonds is 6. The molecule has 0 saturated carbocycles. The van der Waals surface area contributed by atoms with E-state index in [1.54, 1.807) is 36.7 Å². The summed E-state index contributed by atoms with van der Waals surface area (Å²) >= 11 is 1.30. The fraction of sp³-hybridized carbons (Fsp3) is 0.400. The first kappa shape index (κ1) is 25.3. The molecule has 2 aromatic rings. The second-order valence-corrected chi connectivity index (χ2v) is 11.0. The number of hydrogen-bond acceptors (Lipinski definition) is 7. The van der Waals surface area contributed by atoms with Crippen LogP contribution in [0.5, 0.6) is 0 Å². The lowest BCUT2D eigenvalue weighted by Crippen LogP contribution is -2.43. The van der Waals surface area contributed by atoms with Crippen molar-refractivity contribution in [2.75, 3.05) is 11.1 Å². The minimum Gasteiger partial charge on any atom is -0.325 e. The number of halogens is 1. The molecule has 11 heteroatoms. The van der Waals surface area contributed by atoms with Crippen molar-refractivity contribution in [2.45, 2.75) is 43.4 Å². The molecule has 0 bridgehead atoms. The van der Waals surface area contributed by atoms with Gasteiger partial charge in [-0.25, -0.2) is 13.9 Å². The summed E-state index contributed by atoms with van der Waals surface area (Å²) in [6.45, 7) is 1.59. The average Bonchev–Trinajstić information content (AvgIpc) is 3.20. The van der Waals surface area contributed by atoms with Crippen LogP contribution < -0.4 is 16.5 Å². The Morgan fingerprint density at radius 3 is 2.65 bits per heavy atom. The number of hydrogen-bond donors (Lipinski definition) is 4. The predicted octanol–water partition coefficient (Wildman–Crippen LogP) is 2.81. The summed E-state index contributed by atoms with van der Waals surface area (Å²) in [4.78, 5) is 25.2. The zero-order chi connectivity index (χ0) is 21.9. The van der Waals surface area contributed by atoms with Crippen LogP contribution in [0.15, 0.2) is 36.4 Å². The number of thiophene rings is 1. The lowest BCUT2D eigenvalue weighted by Gasteiger charge is -2.35. The summed E-state index contributed by atoms with van der Waals surface area (Å²) in [7, 11) is -3.58. The van der Waals surface area contributed by atoms with Crippen molar-refractivity contribution in [3.05, 3.63) is 41.3 Å². The van der Waals surface area contributed by atoms with Crippen LogP contribution in [-0.2, 0) is 24.2 Å². The molecule has 3 rings (SSSR count). The smallest absolute Gasteiger partial charge is 0.245 e. The third-order valence-corrected chi connectivity index (χ3v) is 9.35. The number of carbonyl (C=O) groups excluding carboxylic acids is 2. The van der Waals surface area contributed by atoms with Gasteiger partial charge in [-0.15, -0.1) is 23.7 Å². The molecule has 0 unspecified atom stereocenters. The quantitative estimate of drug-likeness (QED) is 0.365. The number of anilines is 1. The summed E-state index contributed by atoms with van der Waals surface area (Å²) < 4.78 is 24.7. The van der Waals surface area contributed by atoms with Crippen LogP contribution in [0.2, 0.25) is 0 Å². The van der Waals surface area contributed by atoms with Gasteiger partial charge in [0.15, 0.2) is 9.84 Å². The number of carbonyl (C=O) groups is 2. The van der Waals surface area contributed by atoms with Gasteiger partial charge in [0.2, 0.25) is 11.8 Å². The van der Waals surface area contributed by atoms with Gasteiger partial charge >= 0.3 is 0 Å². The molecule has 1 aliphatic rings. The van der Waals surface area contributed by atoms with E-state index in [1.165, 1.54) is 11.3 Å². The van der Waals surface area contributed by atoms with Gasteiger partial charge in [0.1, 0.15) is 4.75 Å². The zero-order valence-corrected chi connectivity index (χ0v) is 19.4. The van der Waals surface area contributed by atoms with Crippen molar-refractivity contribution >= 4 is 51.1 Å². The summed E-state index contributed by atoms with van der Waals surface area (Å²) in [6.07, 6.45) is 1.25. The van der Waals surface area contributed by atoms with Crippen LogP contribution in [0.1, 0.15) is 37.5 Å². The van der Waals surface area contributed by atoms with Crippen LogP contribution in [0.25, 0.3) is 10.4 Å². The van der Waals surface area contributed by atoms with E-state index in [-0.39, 0.29) is 30.5 Å². The maximum absolute atomic E-state index is 13.0. The molecule has 1 saturated heterocycles. The summed E-state index contributed by atoms with van der Waals surface area (Å²) in [5.74, 6) is -1.02. The molecule has 0 aliphatic carbocycles. The summed E-state index contributed by atoms with van der Waals surface area (Å²) in [6, 6.07) is 10.1. The van der Waals surface area contributed by atoms with E-state index in [2.05, 4.69) is 5.32 Å². The Morgan fingerprint density at radius 2 is 2.00 bits per heavy atom. The third-order valence-electron chi connectivity index (χ3n) is 5.29. The standard InChI is InChI=1S/C20H25N3O5S2.ClH/c1-13(21)19(25)22-15-6-4-5-14(11-15)16-7-8-17(29-16)20(12-18(24)23-26)9-2-3-10-30(20,27)28;/h4-8,11,13,26H,2-3,9-10,12,21H2,1H3,(H,22,25)(H,23,24);1H/t13-,20-;/m0./s1. The Morgan fingerprint density at radius 1 is 1.26 bits per heavy atom.